The molecule has 0 atom stereocenters. The van der Waals surface area contributed by atoms with Gasteiger partial charge >= 0.3 is 5.97 Å². The Morgan fingerprint density at radius 1 is 1.45 bits per heavy atom. The predicted molar refractivity (Wildman–Crippen MR) is 37.9 cm³/mol. The normalized spacial score (nSPS) is 8.45. The molecule has 0 amide bonds. The maximum atomic E-state index is 9.93. The van der Waals surface area contributed by atoms with Gasteiger partial charge in [0.1, 0.15) is 13.2 Å². The standard InChI is InChI=1S/C7H10O4/c8-4-1-2-5-11-6-3-7(9)10/h8H,3-6H2,(H,9,10). The number of rotatable bonds is 4. The number of aliphatic carboxylic acids is 1. The zero-order valence-electron chi connectivity index (χ0n) is 6.04. The Hall–Kier alpha value is -1.05. The summed E-state index contributed by atoms with van der Waals surface area (Å²) in [5.74, 6) is 3.97. The molecule has 0 fully saturated rings. The summed E-state index contributed by atoms with van der Waals surface area (Å²) in [4.78, 5) is 9.93. The van der Waals surface area contributed by atoms with E-state index in [2.05, 4.69) is 11.8 Å². The van der Waals surface area contributed by atoms with Crippen molar-refractivity contribution in [1.82, 2.24) is 0 Å². The summed E-state index contributed by atoms with van der Waals surface area (Å²) in [5.41, 5.74) is 0. The van der Waals surface area contributed by atoms with Gasteiger partial charge in [-0.15, -0.1) is 0 Å². The highest BCUT2D eigenvalue weighted by atomic mass is 16.5. The van der Waals surface area contributed by atoms with Crippen LogP contribution in [-0.4, -0.2) is 36.0 Å². The first kappa shape index (κ1) is 9.95. The molecule has 0 radical (unpaired) electrons. The van der Waals surface area contributed by atoms with Crippen molar-refractivity contribution in [3.8, 4) is 11.8 Å². The minimum Gasteiger partial charge on any atom is -0.481 e. The van der Waals surface area contributed by atoms with Crippen LogP contribution in [0.4, 0.5) is 0 Å². The maximum absolute atomic E-state index is 9.93. The van der Waals surface area contributed by atoms with Crippen LogP contribution in [0.3, 0.4) is 0 Å². The van der Waals surface area contributed by atoms with Crippen LogP contribution >= 0.6 is 0 Å². The van der Waals surface area contributed by atoms with Gasteiger partial charge < -0.3 is 14.9 Å². The molecule has 0 aromatic heterocycles. The summed E-state index contributed by atoms with van der Waals surface area (Å²) in [5, 5.41) is 16.3. The molecule has 0 aromatic carbocycles. The van der Waals surface area contributed by atoms with Crippen LogP contribution in [0.5, 0.6) is 0 Å². The Morgan fingerprint density at radius 3 is 2.73 bits per heavy atom. The Labute approximate surface area is 64.8 Å². The number of carboxylic acid groups (broad SMARTS) is 1. The molecule has 62 valence electrons. The van der Waals surface area contributed by atoms with Gasteiger partial charge in [-0.05, 0) is 0 Å². The molecule has 4 heteroatoms. The fourth-order valence-electron chi connectivity index (χ4n) is 0.390. The smallest absolute Gasteiger partial charge is 0.305 e. The summed E-state index contributed by atoms with van der Waals surface area (Å²) in [6.07, 6.45) is -0.0131. The number of hydrogen-bond donors (Lipinski definition) is 2. The van der Waals surface area contributed by atoms with Gasteiger partial charge in [0.05, 0.1) is 13.0 Å². The molecule has 11 heavy (non-hydrogen) atoms. The number of carbonyl (C=O) groups is 1. The Kier molecular flexibility index (Phi) is 6.39. The SMILES string of the molecule is O=C(O)CCOCC#CCO. The lowest BCUT2D eigenvalue weighted by molar-refractivity contribution is -0.138. The highest BCUT2D eigenvalue weighted by molar-refractivity contribution is 5.66. The van der Waals surface area contributed by atoms with Crippen molar-refractivity contribution in [3.63, 3.8) is 0 Å². The van der Waals surface area contributed by atoms with Crippen molar-refractivity contribution in [3.05, 3.63) is 0 Å². The molecule has 0 saturated carbocycles. The topological polar surface area (TPSA) is 66.8 Å². The molecule has 2 N–H and O–H groups in total. The second-order valence-corrected chi connectivity index (χ2v) is 1.71. The minimum absolute atomic E-state index is 0.0131. The van der Waals surface area contributed by atoms with Crippen molar-refractivity contribution < 1.29 is 19.7 Å². The fraction of sp³-hybridized carbons (Fsp3) is 0.571. The van der Waals surface area contributed by atoms with Gasteiger partial charge in [0, 0.05) is 0 Å². The number of carboxylic acids is 1. The van der Waals surface area contributed by atoms with Gasteiger partial charge in [-0.25, -0.2) is 0 Å². The summed E-state index contributed by atoms with van der Waals surface area (Å²) >= 11 is 0. The van der Waals surface area contributed by atoms with Gasteiger partial charge in [0.15, 0.2) is 0 Å². The lowest BCUT2D eigenvalue weighted by Gasteiger charge is -1.93. The molecular formula is C7H10O4. The lowest BCUT2D eigenvalue weighted by atomic mass is 10.5. The molecule has 0 heterocycles. The monoisotopic (exact) mass is 158 g/mol. The second-order valence-electron chi connectivity index (χ2n) is 1.71. The first-order valence-electron chi connectivity index (χ1n) is 3.13. The third kappa shape index (κ3) is 8.95. The average Bonchev–Trinajstić information content (AvgIpc) is 1.96. The van der Waals surface area contributed by atoms with E-state index in [1.54, 1.807) is 0 Å². The third-order valence-corrected chi connectivity index (χ3v) is 0.839. The molecule has 0 spiro atoms. The van der Waals surface area contributed by atoms with Gasteiger partial charge in [0.2, 0.25) is 0 Å². The molecule has 0 aromatic rings. The highest BCUT2D eigenvalue weighted by Gasteiger charge is 1.93. The Bertz CT molecular complexity index is 165. The number of aliphatic hydroxyl groups is 1. The lowest BCUT2D eigenvalue weighted by Crippen LogP contribution is -2.02. The van der Waals surface area contributed by atoms with Crippen molar-refractivity contribution in [2.45, 2.75) is 6.42 Å². The van der Waals surface area contributed by atoms with Gasteiger partial charge in [-0.3, -0.25) is 4.79 Å². The van der Waals surface area contributed by atoms with Crippen molar-refractivity contribution >= 4 is 5.97 Å². The van der Waals surface area contributed by atoms with Crippen molar-refractivity contribution in [2.24, 2.45) is 0 Å². The van der Waals surface area contributed by atoms with E-state index in [4.69, 9.17) is 14.9 Å². The molecule has 4 nitrogen and oxygen atoms in total. The van der Waals surface area contributed by atoms with E-state index >= 15 is 0 Å². The van der Waals surface area contributed by atoms with E-state index in [1.165, 1.54) is 0 Å². The van der Waals surface area contributed by atoms with Crippen LogP contribution in [0.25, 0.3) is 0 Å². The number of aliphatic hydroxyl groups excluding tert-OH is 1. The summed E-state index contributed by atoms with van der Waals surface area (Å²) in [7, 11) is 0. The van der Waals surface area contributed by atoms with E-state index in [9.17, 15) is 4.79 Å². The Balaban J connectivity index is 3.08. The van der Waals surface area contributed by atoms with E-state index in [0.717, 1.165) is 0 Å². The largest absolute Gasteiger partial charge is 0.481 e. The van der Waals surface area contributed by atoms with Crippen LogP contribution in [0, 0.1) is 11.8 Å². The van der Waals surface area contributed by atoms with Crippen LogP contribution in [0.2, 0.25) is 0 Å². The van der Waals surface area contributed by atoms with Crippen LogP contribution in [0.1, 0.15) is 6.42 Å². The molecule has 0 aliphatic carbocycles. The van der Waals surface area contributed by atoms with Crippen LogP contribution in [0.15, 0.2) is 0 Å². The highest BCUT2D eigenvalue weighted by Crippen LogP contribution is 1.80. The molecule has 0 rings (SSSR count). The van der Waals surface area contributed by atoms with Gasteiger partial charge in [0.25, 0.3) is 0 Å². The predicted octanol–water partition coefficient (Wildman–Crippen LogP) is -0.527. The van der Waals surface area contributed by atoms with Crippen LogP contribution in [-0.2, 0) is 9.53 Å². The molecule has 0 bridgehead atoms. The quantitative estimate of drug-likeness (QED) is 0.426. The summed E-state index contributed by atoms with van der Waals surface area (Å²) in [6, 6.07) is 0. The minimum atomic E-state index is -0.889. The van der Waals surface area contributed by atoms with Crippen molar-refractivity contribution in [1.29, 1.82) is 0 Å². The molecule has 0 aliphatic heterocycles. The number of hydrogen-bond acceptors (Lipinski definition) is 3. The maximum Gasteiger partial charge on any atom is 0.305 e. The number of ether oxygens (including phenoxy) is 1. The van der Waals surface area contributed by atoms with E-state index < -0.39 is 5.97 Å². The molecular weight excluding hydrogens is 148 g/mol. The van der Waals surface area contributed by atoms with Crippen molar-refractivity contribution in [2.75, 3.05) is 19.8 Å². The van der Waals surface area contributed by atoms with Crippen LogP contribution < -0.4 is 0 Å². The fourth-order valence-corrected chi connectivity index (χ4v) is 0.390. The van der Waals surface area contributed by atoms with Gasteiger partial charge in [-0.1, -0.05) is 11.8 Å². The first-order valence-corrected chi connectivity index (χ1v) is 3.13. The van der Waals surface area contributed by atoms with Gasteiger partial charge in [-0.2, -0.15) is 0 Å². The Morgan fingerprint density at radius 2 is 2.18 bits per heavy atom. The third-order valence-electron chi connectivity index (χ3n) is 0.839. The van der Waals surface area contributed by atoms with E-state index in [1.807, 2.05) is 0 Å². The summed E-state index contributed by atoms with van der Waals surface area (Å²) in [6.45, 7) is 0.144. The first-order chi connectivity index (χ1) is 5.27. The van der Waals surface area contributed by atoms with E-state index in [0.29, 0.717) is 0 Å². The van der Waals surface area contributed by atoms with E-state index in [-0.39, 0.29) is 26.2 Å². The molecule has 0 unspecified atom stereocenters. The second kappa shape index (κ2) is 7.06. The molecule has 0 saturated heterocycles. The zero-order valence-corrected chi connectivity index (χ0v) is 6.04. The summed E-state index contributed by atoms with van der Waals surface area (Å²) < 4.78 is 4.78. The molecule has 0 aliphatic rings. The average molecular weight is 158 g/mol. The zero-order chi connectivity index (χ0) is 8.53.